The first kappa shape index (κ1) is 22.1. The molecule has 26 heavy (non-hydrogen) atoms. The average molecular weight is 368 g/mol. The van der Waals surface area contributed by atoms with Gasteiger partial charge in [-0.25, -0.2) is 0 Å². The van der Waals surface area contributed by atoms with Gasteiger partial charge in [0.05, 0.1) is 12.3 Å². The molecule has 4 unspecified atom stereocenters. The van der Waals surface area contributed by atoms with Crippen molar-refractivity contribution in [2.45, 2.75) is 98.1 Å². The molecule has 0 aromatic heterocycles. The summed E-state index contributed by atoms with van der Waals surface area (Å²) in [6, 6.07) is 1.14. The number of hydrogen-bond acceptors (Lipinski definition) is 4. The predicted octanol–water partition coefficient (Wildman–Crippen LogP) is 4.26. The van der Waals surface area contributed by atoms with Crippen molar-refractivity contribution in [1.29, 1.82) is 0 Å². The lowest BCUT2D eigenvalue weighted by atomic mass is 9.88. The minimum absolute atomic E-state index is 0.117. The normalized spacial score (nSPS) is 36.8. The summed E-state index contributed by atoms with van der Waals surface area (Å²) in [4.78, 5) is 7.97. The van der Waals surface area contributed by atoms with Gasteiger partial charge in [-0.3, -0.25) is 14.7 Å². The fourth-order valence-corrected chi connectivity index (χ4v) is 5.31. The first-order valence-corrected chi connectivity index (χ1v) is 10.9. The van der Waals surface area contributed by atoms with E-state index in [0.29, 0.717) is 18.0 Å². The Labute approximate surface area is 163 Å². The van der Waals surface area contributed by atoms with Crippen LogP contribution in [-0.2, 0) is 4.74 Å². The second kappa shape index (κ2) is 8.46. The summed E-state index contributed by atoms with van der Waals surface area (Å²) in [5, 5.41) is 0. The van der Waals surface area contributed by atoms with Crippen LogP contribution >= 0.6 is 0 Å². The number of rotatable bonds is 6. The van der Waals surface area contributed by atoms with Gasteiger partial charge in [-0.15, -0.1) is 0 Å². The van der Waals surface area contributed by atoms with Gasteiger partial charge < -0.3 is 4.74 Å². The van der Waals surface area contributed by atoms with E-state index in [4.69, 9.17) is 4.74 Å². The summed E-state index contributed by atoms with van der Waals surface area (Å²) in [5.74, 6) is 1.23. The molecule has 0 bridgehead atoms. The molecule has 2 heterocycles. The van der Waals surface area contributed by atoms with Gasteiger partial charge in [-0.1, -0.05) is 20.8 Å². The summed E-state index contributed by atoms with van der Waals surface area (Å²) in [5.41, 5.74) is 0.0719. The standard InChI is InChI=1S/C22H45N3O/c1-10-21(7)23(9)15-20(16-25(21)18(4)5)14-19(6)24-12-11-13-26-22(24,8)17(2)3/h17-20H,10-16H2,1-9H3. The zero-order valence-electron chi connectivity index (χ0n) is 19.0. The van der Waals surface area contributed by atoms with Gasteiger partial charge in [0.1, 0.15) is 5.72 Å². The highest BCUT2D eigenvalue weighted by atomic mass is 16.5. The Morgan fingerprint density at radius 3 is 2.23 bits per heavy atom. The van der Waals surface area contributed by atoms with Gasteiger partial charge in [0, 0.05) is 31.7 Å². The van der Waals surface area contributed by atoms with E-state index in [0.717, 1.165) is 18.9 Å². The maximum absolute atomic E-state index is 6.29. The molecular weight excluding hydrogens is 322 g/mol. The van der Waals surface area contributed by atoms with Gasteiger partial charge in [-0.2, -0.15) is 0 Å². The lowest BCUT2D eigenvalue weighted by Gasteiger charge is -2.56. The zero-order valence-corrected chi connectivity index (χ0v) is 19.0. The molecule has 0 amide bonds. The van der Waals surface area contributed by atoms with Crippen LogP contribution in [0, 0.1) is 11.8 Å². The molecule has 0 spiro atoms. The first-order valence-electron chi connectivity index (χ1n) is 10.9. The molecule has 4 heteroatoms. The Balaban J connectivity index is 2.10. The van der Waals surface area contributed by atoms with Crippen molar-refractivity contribution in [2.75, 3.05) is 33.3 Å². The molecule has 2 saturated heterocycles. The van der Waals surface area contributed by atoms with E-state index in [1.807, 2.05) is 0 Å². The Kier molecular flexibility index (Phi) is 7.21. The van der Waals surface area contributed by atoms with Gasteiger partial charge in [0.2, 0.25) is 0 Å². The van der Waals surface area contributed by atoms with Crippen molar-refractivity contribution in [1.82, 2.24) is 14.7 Å². The van der Waals surface area contributed by atoms with Gasteiger partial charge in [0.25, 0.3) is 0 Å². The molecular formula is C22H45N3O. The second-order valence-electron chi connectivity index (χ2n) is 9.75. The first-order chi connectivity index (χ1) is 12.1. The maximum Gasteiger partial charge on any atom is 0.121 e. The van der Waals surface area contributed by atoms with Gasteiger partial charge in [-0.05, 0) is 72.8 Å². The monoisotopic (exact) mass is 367 g/mol. The third-order valence-electron chi connectivity index (χ3n) is 7.51. The van der Waals surface area contributed by atoms with Gasteiger partial charge >= 0.3 is 0 Å². The number of nitrogens with zero attached hydrogens (tertiary/aromatic N) is 3. The van der Waals surface area contributed by atoms with Crippen LogP contribution in [0.4, 0.5) is 0 Å². The van der Waals surface area contributed by atoms with Crippen molar-refractivity contribution < 1.29 is 4.74 Å². The highest BCUT2D eigenvalue weighted by Crippen LogP contribution is 2.36. The van der Waals surface area contributed by atoms with Crippen LogP contribution in [0.5, 0.6) is 0 Å². The molecule has 0 N–H and O–H groups in total. The lowest BCUT2D eigenvalue weighted by Crippen LogP contribution is -2.66. The van der Waals surface area contributed by atoms with E-state index in [2.05, 4.69) is 77.1 Å². The molecule has 0 radical (unpaired) electrons. The fraction of sp³-hybridized carbons (Fsp3) is 1.00. The highest BCUT2D eigenvalue weighted by Gasteiger charge is 2.44. The topological polar surface area (TPSA) is 19.0 Å². The van der Waals surface area contributed by atoms with Crippen molar-refractivity contribution in [3.8, 4) is 0 Å². The number of ether oxygens (including phenoxy) is 1. The fourth-order valence-electron chi connectivity index (χ4n) is 5.31. The van der Waals surface area contributed by atoms with E-state index < -0.39 is 0 Å². The van der Waals surface area contributed by atoms with Crippen LogP contribution in [0.1, 0.15) is 74.7 Å². The van der Waals surface area contributed by atoms with E-state index in [-0.39, 0.29) is 11.4 Å². The number of hydrogen-bond donors (Lipinski definition) is 0. The maximum atomic E-state index is 6.29. The average Bonchev–Trinajstić information content (AvgIpc) is 2.57. The van der Waals surface area contributed by atoms with E-state index in [1.165, 1.54) is 32.5 Å². The molecule has 2 aliphatic rings. The molecule has 0 aromatic carbocycles. The Morgan fingerprint density at radius 1 is 1.04 bits per heavy atom. The summed E-state index contributed by atoms with van der Waals surface area (Å²) in [6.07, 6.45) is 3.58. The highest BCUT2D eigenvalue weighted by molar-refractivity contribution is 4.95. The second-order valence-corrected chi connectivity index (χ2v) is 9.75. The molecule has 0 aromatic rings. The quantitative estimate of drug-likeness (QED) is 0.698. The zero-order chi connectivity index (χ0) is 19.7. The summed E-state index contributed by atoms with van der Waals surface area (Å²) in [6.45, 7) is 23.2. The minimum atomic E-state index is -0.117. The van der Waals surface area contributed by atoms with Crippen LogP contribution in [0.15, 0.2) is 0 Å². The molecule has 2 rings (SSSR count). The summed E-state index contributed by atoms with van der Waals surface area (Å²) >= 11 is 0. The third kappa shape index (κ3) is 4.14. The summed E-state index contributed by atoms with van der Waals surface area (Å²) < 4.78 is 6.29. The molecule has 2 aliphatic heterocycles. The van der Waals surface area contributed by atoms with Crippen LogP contribution in [0.2, 0.25) is 0 Å². The lowest BCUT2D eigenvalue weighted by molar-refractivity contribution is -0.214. The Bertz CT molecular complexity index is 455. The van der Waals surface area contributed by atoms with Crippen molar-refractivity contribution in [3.05, 3.63) is 0 Å². The molecule has 4 nitrogen and oxygen atoms in total. The van der Waals surface area contributed by atoms with E-state index in [1.54, 1.807) is 0 Å². The molecule has 0 saturated carbocycles. The molecule has 0 aliphatic carbocycles. The SMILES string of the molecule is CCC1(C)N(C)CC(CC(C)N2CCCOC2(C)C(C)C)CN1C(C)C. The van der Waals surface area contributed by atoms with Crippen LogP contribution in [0.3, 0.4) is 0 Å². The minimum Gasteiger partial charge on any atom is -0.360 e. The van der Waals surface area contributed by atoms with Crippen LogP contribution in [-0.4, -0.2) is 71.5 Å². The van der Waals surface area contributed by atoms with Crippen molar-refractivity contribution in [3.63, 3.8) is 0 Å². The smallest absolute Gasteiger partial charge is 0.121 e. The molecule has 154 valence electrons. The molecule has 2 fully saturated rings. The van der Waals surface area contributed by atoms with Crippen molar-refractivity contribution >= 4 is 0 Å². The van der Waals surface area contributed by atoms with Crippen molar-refractivity contribution in [2.24, 2.45) is 11.8 Å². The third-order valence-corrected chi connectivity index (χ3v) is 7.51. The Morgan fingerprint density at radius 2 is 1.69 bits per heavy atom. The van der Waals surface area contributed by atoms with Crippen LogP contribution in [0.25, 0.3) is 0 Å². The predicted molar refractivity (Wildman–Crippen MR) is 111 cm³/mol. The largest absolute Gasteiger partial charge is 0.360 e. The molecule has 4 atom stereocenters. The van der Waals surface area contributed by atoms with Gasteiger partial charge in [0.15, 0.2) is 0 Å². The van der Waals surface area contributed by atoms with Crippen LogP contribution < -0.4 is 0 Å². The summed E-state index contributed by atoms with van der Waals surface area (Å²) in [7, 11) is 2.32. The van der Waals surface area contributed by atoms with E-state index >= 15 is 0 Å². The Hall–Kier alpha value is -0.160. The van der Waals surface area contributed by atoms with E-state index in [9.17, 15) is 0 Å².